The monoisotopic (exact) mass is 425 g/mol. The van der Waals surface area contributed by atoms with Gasteiger partial charge in [-0.25, -0.2) is 0 Å². The molecular formula is C16H13BrClN3O2S. The van der Waals surface area contributed by atoms with E-state index in [0.29, 0.717) is 15.1 Å². The zero-order chi connectivity index (χ0) is 17.5. The fourth-order valence-corrected chi connectivity index (χ4v) is 2.57. The summed E-state index contributed by atoms with van der Waals surface area (Å²) in [7, 11) is 0. The minimum Gasteiger partial charge on any atom is -0.302 e. The molecule has 0 saturated heterocycles. The van der Waals surface area contributed by atoms with Crippen LogP contribution in [0, 0.1) is 0 Å². The zero-order valence-corrected chi connectivity index (χ0v) is 15.5. The minimum absolute atomic E-state index is 0.00867. The van der Waals surface area contributed by atoms with Gasteiger partial charge in [-0.1, -0.05) is 35.9 Å². The van der Waals surface area contributed by atoms with Crippen molar-refractivity contribution in [2.45, 2.75) is 6.42 Å². The Kier molecular flexibility index (Phi) is 6.72. The van der Waals surface area contributed by atoms with Crippen molar-refractivity contribution in [2.75, 3.05) is 0 Å². The van der Waals surface area contributed by atoms with Gasteiger partial charge in [0.05, 0.1) is 12.0 Å². The second-order valence-corrected chi connectivity index (χ2v) is 6.44. The van der Waals surface area contributed by atoms with Crippen LogP contribution in [-0.2, 0) is 11.2 Å². The van der Waals surface area contributed by atoms with Gasteiger partial charge in [0.15, 0.2) is 5.11 Å². The van der Waals surface area contributed by atoms with Crippen LogP contribution in [0.2, 0.25) is 5.02 Å². The summed E-state index contributed by atoms with van der Waals surface area (Å²) in [4.78, 5) is 23.9. The van der Waals surface area contributed by atoms with Crippen molar-refractivity contribution in [1.29, 1.82) is 0 Å². The standard InChI is InChI=1S/C16H13BrClN3O2S/c17-13-4-2-1-3-12(13)15(23)20-21-16(24)19-14(22)9-10-5-7-11(18)8-6-10/h1-8H,9H2,(H,20,23)(H2,19,21,22,24). The Morgan fingerprint density at radius 1 is 1.04 bits per heavy atom. The van der Waals surface area contributed by atoms with E-state index in [0.717, 1.165) is 5.56 Å². The predicted octanol–water partition coefficient (Wildman–Crippen LogP) is 2.98. The summed E-state index contributed by atoms with van der Waals surface area (Å²) in [5, 5.41) is 3.10. The van der Waals surface area contributed by atoms with Gasteiger partial charge in [-0.15, -0.1) is 0 Å². The molecule has 5 nitrogen and oxygen atoms in total. The van der Waals surface area contributed by atoms with Crippen molar-refractivity contribution < 1.29 is 9.59 Å². The molecule has 2 aromatic rings. The third kappa shape index (κ3) is 5.59. The number of carbonyl (C=O) groups is 2. The maximum Gasteiger partial charge on any atom is 0.270 e. The van der Waals surface area contributed by atoms with Gasteiger partial charge < -0.3 is 5.32 Å². The van der Waals surface area contributed by atoms with E-state index in [-0.39, 0.29) is 23.3 Å². The van der Waals surface area contributed by atoms with Crippen LogP contribution in [-0.4, -0.2) is 16.9 Å². The van der Waals surface area contributed by atoms with Crippen molar-refractivity contribution in [3.8, 4) is 0 Å². The van der Waals surface area contributed by atoms with Gasteiger partial charge in [0.1, 0.15) is 0 Å². The van der Waals surface area contributed by atoms with E-state index in [2.05, 4.69) is 32.1 Å². The molecule has 124 valence electrons. The van der Waals surface area contributed by atoms with Crippen molar-refractivity contribution >= 4 is 56.7 Å². The van der Waals surface area contributed by atoms with Crippen LogP contribution in [0.15, 0.2) is 53.0 Å². The van der Waals surface area contributed by atoms with Crippen molar-refractivity contribution in [3.63, 3.8) is 0 Å². The molecule has 0 saturated carbocycles. The first-order valence-corrected chi connectivity index (χ1v) is 8.43. The van der Waals surface area contributed by atoms with Crippen LogP contribution >= 0.6 is 39.7 Å². The Hall–Kier alpha value is -1.96. The maximum absolute atomic E-state index is 12.0. The maximum atomic E-state index is 12.0. The SMILES string of the molecule is O=C(Cc1ccc(Cl)cc1)NC(=S)NNC(=O)c1ccccc1Br. The average molecular weight is 427 g/mol. The molecule has 0 heterocycles. The first kappa shape index (κ1) is 18.4. The highest BCUT2D eigenvalue weighted by Crippen LogP contribution is 2.15. The zero-order valence-electron chi connectivity index (χ0n) is 12.3. The fourth-order valence-electron chi connectivity index (χ4n) is 1.82. The van der Waals surface area contributed by atoms with Crippen LogP contribution in [0.4, 0.5) is 0 Å². The summed E-state index contributed by atoms with van der Waals surface area (Å²) >= 11 is 14.1. The van der Waals surface area contributed by atoms with Gasteiger partial charge in [-0.3, -0.25) is 20.4 Å². The topological polar surface area (TPSA) is 70.2 Å². The first-order valence-electron chi connectivity index (χ1n) is 6.85. The van der Waals surface area contributed by atoms with E-state index >= 15 is 0 Å². The van der Waals surface area contributed by atoms with E-state index in [1.165, 1.54) is 0 Å². The van der Waals surface area contributed by atoms with Crippen LogP contribution < -0.4 is 16.2 Å². The lowest BCUT2D eigenvalue weighted by Crippen LogP contribution is -2.48. The molecule has 0 unspecified atom stereocenters. The molecule has 0 spiro atoms. The lowest BCUT2D eigenvalue weighted by molar-refractivity contribution is -0.119. The normalized spacial score (nSPS) is 9.92. The summed E-state index contributed by atoms with van der Waals surface area (Å²) in [5.41, 5.74) is 6.16. The number of hydrogen-bond donors (Lipinski definition) is 3. The van der Waals surface area contributed by atoms with E-state index < -0.39 is 0 Å². The summed E-state index contributed by atoms with van der Waals surface area (Å²) in [6.07, 6.45) is 0.150. The van der Waals surface area contributed by atoms with Gasteiger partial charge in [0.2, 0.25) is 5.91 Å². The Balaban J connectivity index is 1.80. The molecule has 0 atom stereocenters. The van der Waals surface area contributed by atoms with Crippen molar-refractivity contribution in [2.24, 2.45) is 0 Å². The largest absolute Gasteiger partial charge is 0.302 e. The smallest absolute Gasteiger partial charge is 0.270 e. The highest BCUT2D eigenvalue weighted by Gasteiger charge is 2.10. The number of hydrazine groups is 1. The second kappa shape index (κ2) is 8.77. The minimum atomic E-state index is -0.378. The third-order valence-corrected chi connectivity index (χ3v) is 4.09. The average Bonchev–Trinajstić information content (AvgIpc) is 2.55. The predicted molar refractivity (Wildman–Crippen MR) is 101 cm³/mol. The summed E-state index contributed by atoms with van der Waals surface area (Å²) < 4.78 is 0.655. The van der Waals surface area contributed by atoms with Crippen LogP contribution in [0.25, 0.3) is 0 Å². The molecular weight excluding hydrogens is 414 g/mol. The third-order valence-electron chi connectivity index (χ3n) is 2.94. The number of halogens is 2. The fraction of sp³-hybridized carbons (Fsp3) is 0.0625. The molecule has 0 radical (unpaired) electrons. The Morgan fingerprint density at radius 3 is 2.38 bits per heavy atom. The quantitative estimate of drug-likeness (QED) is 0.521. The first-order chi connectivity index (χ1) is 11.5. The molecule has 3 N–H and O–H groups in total. The Morgan fingerprint density at radius 2 is 1.71 bits per heavy atom. The van der Waals surface area contributed by atoms with E-state index in [9.17, 15) is 9.59 Å². The molecule has 0 fully saturated rings. The van der Waals surface area contributed by atoms with Gasteiger partial charge in [0.25, 0.3) is 5.91 Å². The highest BCUT2D eigenvalue weighted by atomic mass is 79.9. The molecule has 0 aliphatic rings. The van der Waals surface area contributed by atoms with Gasteiger partial charge in [-0.2, -0.15) is 0 Å². The molecule has 0 aromatic heterocycles. The molecule has 2 amide bonds. The van der Waals surface area contributed by atoms with E-state index in [4.69, 9.17) is 23.8 Å². The molecule has 2 aromatic carbocycles. The Labute approximate surface area is 157 Å². The lowest BCUT2D eigenvalue weighted by atomic mass is 10.1. The van der Waals surface area contributed by atoms with Gasteiger partial charge in [-0.05, 0) is 58.0 Å². The highest BCUT2D eigenvalue weighted by molar-refractivity contribution is 9.10. The van der Waals surface area contributed by atoms with E-state index in [1.807, 2.05) is 0 Å². The second-order valence-electron chi connectivity index (χ2n) is 4.74. The number of benzene rings is 2. The number of rotatable bonds is 3. The number of hydrogen-bond acceptors (Lipinski definition) is 3. The Bertz CT molecular complexity index is 768. The summed E-state index contributed by atoms with van der Waals surface area (Å²) in [6.45, 7) is 0. The van der Waals surface area contributed by atoms with Crippen LogP contribution in [0.3, 0.4) is 0 Å². The van der Waals surface area contributed by atoms with Gasteiger partial charge >= 0.3 is 0 Å². The number of carbonyl (C=O) groups excluding carboxylic acids is 2. The summed E-state index contributed by atoms with van der Waals surface area (Å²) in [5.74, 6) is -0.679. The number of nitrogens with one attached hydrogen (secondary N) is 3. The molecule has 0 aliphatic carbocycles. The summed E-state index contributed by atoms with van der Waals surface area (Å²) in [6, 6.07) is 13.9. The molecule has 8 heteroatoms. The molecule has 0 bridgehead atoms. The van der Waals surface area contributed by atoms with Crippen LogP contribution in [0.5, 0.6) is 0 Å². The molecule has 0 aliphatic heterocycles. The lowest BCUT2D eigenvalue weighted by Gasteiger charge is -2.11. The van der Waals surface area contributed by atoms with Gasteiger partial charge in [0, 0.05) is 9.50 Å². The van der Waals surface area contributed by atoms with Crippen molar-refractivity contribution in [3.05, 3.63) is 69.2 Å². The number of thiocarbonyl (C=S) groups is 1. The molecule has 24 heavy (non-hydrogen) atoms. The van der Waals surface area contributed by atoms with Crippen molar-refractivity contribution in [1.82, 2.24) is 16.2 Å². The molecule has 2 rings (SSSR count). The van der Waals surface area contributed by atoms with Crippen LogP contribution in [0.1, 0.15) is 15.9 Å². The number of amides is 2. The van der Waals surface area contributed by atoms with E-state index in [1.54, 1.807) is 48.5 Å².